The van der Waals surface area contributed by atoms with Gasteiger partial charge in [0.1, 0.15) is 0 Å². The fourth-order valence-electron chi connectivity index (χ4n) is 1.85. The lowest BCUT2D eigenvalue weighted by Crippen LogP contribution is -2.42. The van der Waals surface area contributed by atoms with Crippen LogP contribution in [0, 0.1) is 0 Å². The van der Waals surface area contributed by atoms with Gasteiger partial charge < -0.3 is 9.47 Å². The third-order valence-electron chi connectivity index (χ3n) is 3.12. The molecule has 0 radical (unpaired) electrons. The van der Waals surface area contributed by atoms with Gasteiger partial charge >= 0.3 is 12.1 Å². The third-order valence-corrected chi connectivity index (χ3v) is 4.15. The smallest absolute Gasteiger partial charge is 0.419 e. The highest BCUT2D eigenvalue weighted by Gasteiger charge is 2.37. The first-order chi connectivity index (χ1) is 14.7. The van der Waals surface area contributed by atoms with Crippen LogP contribution in [0.1, 0.15) is 12.5 Å². The molecule has 0 spiro atoms. The molecule has 0 saturated carbocycles. The Bertz CT molecular complexity index is 939. The first kappa shape index (κ1) is 28.3. The van der Waals surface area contributed by atoms with Gasteiger partial charge in [-0.3, -0.25) is 25.0 Å². The van der Waals surface area contributed by atoms with Crippen molar-refractivity contribution in [3.8, 4) is 0 Å². The number of benzene rings is 1. The zero-order valence-corrected chi connectivity index (χ0v) is 20.3. The summed E-state index contributed by atoms with van der Waals surface area (Å²) in [6.07, 6.45) is -1.53. The molecule has 0 saturated heterocycles. The summed E-state index contributed by atoms with van der Waals surface area (Å²) >= 11 is 32.4. The molecule has 0 aliphatic heterocycles. The van der Waals surface area contributed by atoms with Crippen LogP contribution in [0.25, 0.3) is 5.76 Å². The molecule has 15 heteroatoms. The number of rotatable bonds is 5. The number of hydrogen-bond acceptors (Lipinski definition) is 7. The molecule has 0 fully saturated rings. The normalized spacial score (nSPS) is 12.2. The zero-order chi connectivity index (χ0) is 24.7. The fraction of sp³-hybridized carbons (Fsp3) is 0.235. The summed E-state index contributed by atoms with van der Waals surface area (Å²) in [5.41, 5.74) is -0.972. The van der Waals surface area contributed by atoms with Crippen LogP contribution in [-0.2, 0) is 28.7 Å². The number of alkyl carbamates (subject to hydrolysis) is 1. The van der Waals surface area contributed by atoms with Crippen molar-refractivity contribution in [3.05, 3.63) is 41.5 Å². The number of nitrogens with one attached hydrogen (secondary N) is 2. The van der Waals surface area contributed by atoms with Crippen LogP contribution < -0.4 is 10.6 Å². The molecular formula is C17H12Cl6N2O7. The van der Waals surface area contributed by atoms with E-state index in [1.165, 1.54) is 31.2 Å². The number of carbonyl (C=O) groups excluding carboxylic acids is 5. The average Bonchev–Trinajstić information content (AvgIpc) is 2.66. The predicted molar refractivity (Wildman–Crippen MR) is 118 cm³/mol. The second-order valence-corrected chi connectivity index (χ2v) is 9.98. The summed E-state index contributed by atoms with van der Waals surface area (Å²) in [4.78, 5) is 61.0. The van der Waals surface area contributed by atoms with Gasteiger partial charge in [-0.2, -0.15) is 0 Å². The molecule has 32 heavy (non-hydrogen) atoms. The van der Waals surface area contributed by atoms with Crippen molar-refractivity contribution in [2.24, 2.45) is 0 Å². The van der Waals surface area contributed by atoms with Crippen LogP contribution in [0.5, 0.6) is 0 Å². The minimum atomic E-state index is -2.56. The van der Waals surface area contributed by atoms with Gasteiger partial charge in [0.25, 0.3) is 25.3 Å². The molecule has 0 unspecified atom stereocenters. The Hall–Kier alpha value is -1.75. The van der Waals surface area contributed by atoms with Gasteiger partial charge in [-0.05, 0) is 6.92 Å². The van der Waals surface area contributed by atoms with Crippen LogP contribution in [0.4, 0.5) is 4.79 Å². The molecular weight excluding hydrogens is 557 g/mol. The second-order valence-electron chi connectivity index (χ2n) is 5.41. The summed E-state index contributed by atoms with van der Waals surface area (Å²) in [6.45, 7) is 1.23. The highest BCUT2D eigenvalue weighted by Crippen LogP contribution is 2.28. The van der Waals surface area contributed by atoms with E-state index in [2.05, 4.69) is 0 Å². The third kappa shape index (κ3) is 8.65. The zero-order valence-electron chi connectivity index (χ0n) is 15.7. The Morgan fingerprint density at radius 1 is 0.844 bits per heavy atom. The number of esters is 1. The van der Waals surface area contributed by atoms with Gasteiger partial charge in [0, 0.05) is 5.56 Å². The van der Waals surface area contributed by atoms with E-state index in [1.807, 2.05) is 0 Å². The highest BCUT2D eigenvalue weighted by atomic mass is 35.6. The number of ether oxygens (including phenoxy) is 2. The molecule has 1 aromatic rings. The lowest BCUT2D eigenvalue weighted by molar-refractivity contribution is -0.140. The number of alkyl halides is 6. The molecule has 0 aliphatic carbocycles. The highest BCUT2D eigenvalue weighted by molar-refractivity contribution is 6.77. The predicted octanol–water partition coefficient (Wildman–Crippen LogP) is 3.60. The van der Waals surface area contributed by atoms with Crippen LogP contribution in [0.15, 0.2) is 35.9 Å². The van der Waals surface area contributed by atoms with E-state index in [1.54, 1.807) is 16.7 Å². The van der Waals surface area contributed by atoms with E-state index in [-0.39, 0.29) is 12.2 Å². The standard InChI is InChI=1S/C17H12Cl6N2O7/c1-2-31-12(27)9(11(26)24-13(28)16(18,19)20)10(8-6-4-3-5-7-8)32-15(30)25-14(29)17(21,22)23/h3-7H,2H2,1H3,(H,24,26,28)(H,25,29,30)/b10-9+. The lowest BCUT2D eigenvalue weighted by Gasteiger charge is -2.17. The largest absolute Gasteiger partial charge is 0.462 e. The Kier molecular flexibility index (Phi) is 10.5. The Balaban J connectivity index is 3.53. The van der Waals surface area contributed by atoms with E-state index in [0.29, 0.717) is 0 Å². The van der Waals surface area contributed by atoms with Crippen molar-refractivity contribution < 1.29 is 33.4 Å². The maximum atomic E-state index is 12.7. The molecule has 1 rings (SSSR count). The molecule has 0 bridgehead atoms. The lowest BCUT2D eigenvalue weighted by atomic mass is 10.1. The minimum absolute atomic E-state index is 0.0106. The number of amides is 4. The monoisotopic (exact) mass is 566 g/mol. The molecule has 2 N–H and O–H groups in total. The summed E-state index contributed by atoms with van der Waals surface area (Å²) in [6, 6.07) is 7.18. The molecule has 0 heterocycles. The fourth-order valence-corrected chi connectivity index (χ4v) is 2.14. The Labute approximate surface area is 211 Å². The van der Waals surface area contributed by atoms with Gasteiger partial charge in [0.2, 0.25) is 0 Å². The molecule has 174 valence electrons. The topological polar surface area (TPSA) is 128 Å². The molecule has 9 nitrogen and oxygen atoms in total. The van der Waals surface area contributed by atoms with E-state index >= 15 is 0 Å². The van der Waals surface area contributed by atoms with Crippen LogP contribution >= 0.6 is 69.6 Å². The van der Waals surface area contributed by atoms with Crippen molar-refractivity contribution in [3.63, 3.8) is 0 Å². The Morgan fingerprint density at radius 2 is 1.34 bits per heavy atom. The van der Waals surface area contributed by atoms with E-state index in [0.717, 1.165) is 0 Å². The number of imide groups is 2. The number of hydrogen-bond donors (Lipinski definition) is 2. The summed E-state index contributed by atoms with van der Waals surface area (Å²) in [5.74, 6) is -6.24. The molecule has 0 atom stereocenters. The molecule has 0 aliphatic rings. The van der Waals surface area contributed by atoms with E-state index in [9.17, 15) is 24.0 Å². The SMILES string of the molecule is CCOC(=O)/C(C(=O)NC(=O)C(Cl)(Cl)Cl)=C(/OC(=O)NC(=O)C(Cl)(Cl)Cl)c1ccccc1. The molecule has 1 aromatic carbocycles. The van der Waals surface area contributed by atoms with Crippen LogP contribution in [0.3, 0.4) is 0 Å². The van der Waals surface area contributed by atoms with Gasteiger partial charge in [0.15, 0.2) is 11.3 Å². The van der Waals surface area contributed by atoms with Gasteiger partial charge in [-0.1, -0.05) is 99.9 Å². The van der Waals surface area contributed by atoms with Crippen molar-refractivity contribution in [2.45, 2.75) is 14.5 Å². The minimum Gasteiger partial charge on any atom is -0.462 e. The van der Waals surface area contributed by atoms with Crippen molar-refractivity contribution in [2.75, 3.05) is 6.61 Å². The van der Waals surface area contributed by atoms with E-state index in [4.69, 9.17) is 79.1 Å². The van der Waals surface area contributed by atoms with Crippen molar-refractivity contribution in [1.82, 2.24) is 10.6 Å². The first-order valence-electron chi connectivity index (χ1n) is 8.17. The summed E-state index contributed by atoms with van der Waals surface area (Å²) < 4.78 is 4.70. The maximum absolute atomic E-state index is 12.7. The van der Waals surface area contributed by atoms with Crippen molar-refractivity contribution in [1.29, 1.82) is 0 Å². The molecule has 0 aromatic heterocycles. The van der Waals surface area contributed by atoms with Gasteiger partial charge in [-0.15, -0.1) is 0 Å². The second kappa shape index (κ2) is 11.9. The average molecular weight is 569 g/mol. The quantitative estimate of drug-likeness (QED) is 0.139. The summed E-state index contributed by atoms with van der Waals surface area (Å²) in [7, 11) is 0. The maximum Gasteiger partial charge on any atom is 0.419 e. The van der Waals surface area contributed by atoms with Gasteiger partial charge in [0.05, 0.1) is 6.61 Å². The number of carbonyl (C=O) groups is 5. The first-order valence-corrected chi connectivity index (χ1v) is 10.4. The number of halogens is 6. The van der Waals surface area contributed by atoms with Crippen molar-refractivity contribution >= 4 is 105 Å². The van der Waals surface area contributed by atoms with E-state index < -0.39 is 48.7 Å². The van der Waals surface area contributed by atoms with Gasteiger partial charge in [-0.25, -0.2) is 9.59 Å². The Morgan fingerprint density at radius 3 is 1.81 bits per heavy atom. The van der Waals surface area contributed by atoms with Crippen LogP contribution in [-0.4, -0.2) is 44.0 Å². The van der Waals surface area contributed by atoms with Crippen LogP contribution in [0.2, 0.25) is 0 Å². The molecule has 4 amide bonds. The summed E-state index contributed by atoms with van der Waals surface area (Å²) in [5, 5.41) is 3.28.